The van der Waals surface area contributed by atoms with Crippen LogP contribution in [0.5, 0.6) is 0 Å². The van der Waals surface area contributed by atoms with Gasteiger partial charge in [-0.3, -0.25) is 9.69 Å². The predicted octanol–water partition coefficient (Wildman–Crippen LogP) is 3.22. The van der Waals surface area contributed by atoms with E-state index in [0.29, 0.717) is 25.3 Å². The molecule has 1 aliphatic rings. The van der Waals surface area contributed by atoms with Gasteiger partial charge in [-0.15, -0.1) is 0 Å². The molecule has 0 bridgehead atoms. The van der Waals surface area contributed by atoms with Crippen molar-refractivity contribution in [1.29, 1.82) is 0 Å². The zero-order chi connectivity index (χ0) is 20.4. The van der Waals surface area contributed by atoms with E-state index in [9.17, 15) is 13.6 Å². The first kappa shape index (κ1) is 19.2. The second-order valence-electron chi connectivity index (χ2n) is 6.75. The fraction of sp³-hybridized carbons (Fsp3) is 0.238. The minimum atomic E-state index is -0.842. The first-order valence-corrected chi connectivity index (χ1v) is 9.17. The molecule has 2 N–H and O–H groups in total. The molecule has 0 unspecified atom stereocenters. The highest BCUT2D eigenvalue weighted by atomic mass is 19.1. The van der Waals surface area contributed by atoms with Gasteiger partial charge in [0.25, 0.3) is 5.91 Å². The number of hydrogen-bond acceptors (Lipinski definition) is 5. The Morgan fingerprint density at radius 3 is 2.48 bits per heavy atom. The molecule has 0 atom stereocenters. The summed E-state index contributed by atoms with van der Waals surface area (Å²) in [7, 11) is 0. The standard InChI is InChI=1S/C21H19F2N3O3/c22-15-5-2-6-16(23)17(15)21-25-18(20(24)27)19(29-21)14-4-1-3-13(11-14)12-26-7-9-28-10-8-26/h1-6,11H,7-10,12H2,(H2,24,27). The lowest BCUT2D eigenvalue weighted by atomic mass is 10.1. The average Bonchev–Trinajstić information content (AvgIpc) is 3.14. The van der Waals surface area contributed by atoms with Crippen LogP contribution in [0.15, 0.2) is 46.9 Å². The van der Waals surface area contributed by atoms with Gasteiger partial charge in [-0.2, -0.15) is 0 Å². The number of ether oxygens (including phenoxy) is 1. The van der Waals surface area contributed by atoms with Crippen molar-refractivity contribution in [3.8, 4) is 22.8 Å². The smallest absolute Gasteiger partial charge is 0.271 e. The average molecular weight is 399 g/mol. The molecule has 1 amide bonds. The van der Waals surface area contributed by atoms with Crippen LogP contribution < -0.4 is 5.73 Å². The Bertz CT molecular complexity index is 1030. The second-order valence-corrected chi connectivity index (χ2v) is 6.75. The normalized spacial score (nSPS) is 14.8. The Morgan fingerprint density at radius 1 is 1.10 bits per heavy atom. The summed E-state index contributed by atoms with van der Waals surface area (Å²) >= 11 is 0. The zero-order valence-corrected chi connectivity index (χ0v) is 15.5. The van der Waals surface area contributed by atoms with Gasteiger partial charge in [0, 0.05) is 25.2 Å². The highest BCUT2D eigenvalue weighted by Crippen LogP contribution is 2.32. The summed E-state index contributed by atoms with van der Waals surface area (Å²) in [6, 6.07) is 10.8. The van der Waals surface area contributed by atoms with Crippen molar-refractivity contribution < 1.29 is 22.7 Å². The summed E-state index contributed by atoms with van der Waals surface area (Å²) in [5, 5.41) is 0. The third-order valence-corrected chi connectivity index (χ3v) is 4.74. The summed E-state index contributed by atoms with van der Waals surface area (Å²) < 4.78 is 39.3. The van der Waals surface area contributed by atoms with Gasteiger partial charge in [0.2, 0.25) is 5.89 Å². The van der Waals surface area contributed by atoms with Gasteiger partial charge in [0.05, 0.1) is 13.2 Å². The molecule has 0 aliphatic carbocycles. The predicted molar refractivity (Wildman–Crippen MR) is 102 cm³/mol. The summed E-state index contributed by atoms with van der Waals surface area (Å²) in [4.78, 5) is 18.1. The Morgan fingerprint density at radius 2 is 1.79 bits per heavy atom. The second kappa shape index (κ2) is 8.10. The van der Waals surface area contributed by atoms with Gasteiger partial charge >= 0.3 is 0 Å². The molecule has 1 aromatic heterocycles. The fourth-order valence-corrected chi connectivity index (χ4v) is 3.32. The van der Waals surface area contributed by atoms with Gasteiger partial charge in [-0.1, -0.05) is 24.3 Å². The van der Waals surface area contributed by atoms with Crippen molar-refractivity contribution in [1.82, 2.24) is 9.88 Å². The van der Waals surface area contributed by atoms with E-state index < -0.39 is 23.1 Å². The summed E-state index contributed by atoms with van der Waals surface area (Å²) in [6.45, 7) is 3.73. The first-order chi connectivity index (χ1) is 14.0. The fourth-order valence-electron chi connectivity index (χ4n) is 3.32. The number of nitrogens with two attached hydrogens (primary N) is 1. The van der Waals surface area contributed by atoms with Gasteiger partial charge in [-0.25, -0.2) is 13.8 Å². The lowest BCUT2D eigenvalue weighted by Gasteiger charge is -2.26. The number of aromatic nitrogens is 1. The third kappa shape index (κ3) is 4.03. The minimum absolute atomic E-state index is 0.0824. The van der Waals surface area contributed by atoms with E-state index in [1.807, 2.05) is 18.2 Å². The van der Waals surface area contributed by atoms with Gasteiger partial charge in [0.15, 0.2) is 11.5 Å². The lowest BCUT2D eigenvalue weighted by molar-refractivity contribution is 0.0342. The Labute approximate surface area is 165 Å². The molecule has 0 saturated carbocycles. The monoisotopic (exact) mass is 399 g/mol. The van der Waals surface area contributed by atoms with Crippen LogP contribution in [0.4, 0.5) is 8.78 Å². The molecular weight excluding hydrogens is 380 g/mol. The quantitative estimate of drug-likeness (QED) is 0.713. The largest absolute Gasteiger partial charge is 0.435 e. The van der Waals surface area contributed by atoms with Crippen LogP contribution in [0, 0.1) is 11.6 Å². The van der Waals surface area contributed by atoms with E-state index in [1.165, 1.54) is 6.07 Å². The van der Waals surface area contributed by atoms with E-state index in [-0.39, 0.29) is 17.3 Å². The molecule has 0 spiro atoms. The molecule has 150 valence electrons. The van der Waals surface area contributed by atoms with Gasteiger partial charge in [0.1, 0.15) is 17.2 Å². The molecule has 1 fully saturated rings. The summed E-state index contributed by atoms with van der Waals surface area (Å²) in [5.41, 5.74) is 6.37. The maximum Gasteiger partial charge on any atom is 0.271 e. The van der Waals surface area contributed by atoms with Crippen LogP contribution in [-0.4, -0.2) is 42.1 Å². The van der Waals surface area contributed by atoms with E-state index in [2.05, 4.69) is 9.88 Å². The van der Waals surface area contributed by atoms with E-state index in [4.69, 9.17) is 14.9 Å². The van der Waals surface area contributed by atoms with Crippen molar-refractivity contribution >= 4 is 5.91 Å². The Hall–Kier alpha value is -3.10. The van der Waals surface area contributed by atoms with E-state index in [1.54, 1.807) is 6.07 Å². The molecule has 4 rings (SSSR count). The molecule has 2 aromatic carbocycles. The SMILES string of the molecule is NC(=O)c1nc(-c2c(F)cccc2F)oc1-c1cccc(CN2CCOCC2)c1. The topological polar surface area (TPSA) is 81.6 Å². The number of carbonyl (C=O) groups is 1. The number of benzene rings is 2. The number of hydrogen-bond donors (Lipinski definition) is 1. The first-order valence-electron chi connectivity index (χ1n) is 9.17. The number of oxazole rings is 1. The molecular formula is C21H19F2N3O3. The maximum atomic E-state index is 14.1. The van der Waals surface area contributed by atoms with E-state index in [0.717, 1.165) is 30.8 Å². The number of halogens is 2. The number of carbonyl (C=O) groups excluding carboxylic acids is 1. The van der Waals surface area contributed by atoms with E-state index >= 15 is 0 Å². The van der Waals surface area contributed by atoms with Crippen molar-refractivity contribution in [3.63, 3.8) is 0 Å². The summed E-state index contributed by atoms with van der Waals surface area (Å²) in [6.07, 6.45) is 0. The molecule has 6 nitrogen and oxygen atoms in total. The zero-order valence-electron chi connectivity index (χ0n) is 15.5. The van der Waals surface area contributed by atoms with Crippen LogP contribution in [0.1, 0.15) is 16.1 Å². The highest BCUT2D eigenvalue weighted by molar-refractivity contribution is 5.97. The number of primary amides is 1. The molecule has 3 aromatic rings. The van der Waals surface area contributed by atoms with Crippen LogP contribution in [0.2, 0.25) is 0 Å². The number of rotatable bonds is 5. The van der Waals surface area contributed by atoms with Crippen molar-refractivity contribution in [2.24, 2.45) is 5.73 Å². The van der Waals surface area contributed by atoms with Crippen molar-refractivity contribution in [2.75, 3.05) is 26.3 Å². The summed E-state index contributed by atoms with van der Waals surface area (Å²) in [5.74, 6) is -2.77. The number of nitrogens with zero attached hydrogens (tertiary/aromatic N) is 2. The van der Waals surface area contributed by atoms with Crippen LogP contribution in [0.3, 0.4) is 0 Å². The number of morpholine rings is 1. The van der Waals surface area contributed by atoms with Crippen LogP contribution in [-0.2, 0) is 11.3 Å². The van der Waals surface area contributed by atoms with Crippen molar-refractivity contribution in [2.45, 2.75) is 6.54 Å². The molecule has 2 heterocycles. The molecule has 8 heteroatoms. The number of amides is 1. The highest BCUT2D eigenvalue weighted by Gasteiger charge is 2.24. The molecule has 1 aliphatic heterocycles. The van der Waals surface area contributed by atoms with Crippen LogP contribution in [0.25, 0.3) is 22.8 Å². The van der Waals surface area contributed by atoms with Gasteiger partial charge < -0.3 is 14.9 Å². The van der Waals surface area contributed by atoms with Crippen LogP contribution >= 0.6 is 0 Å². The Balaban J connectivity index is 1.72. The van der Waals surface area contributed by atoms with Crippen molar-refractivity contribution in [3.05, 3.63) is 65.4 Å². The maximum absolute atomic E-state index is 14.1. The Kier molecular flexibility index (Phi) is 5.37. The minimum Gasteiger partial charge on any atom is -0.435 e. The van der Waals surface area contributed by atoms with Gasteiger partial charge in [-0.05, 0) is 23.8 Å². The molecule has 0 radical (unpaired) electrons. The molecule has 1 saturated heterocycles. The lowest BCUT2D eigenvalue weighted by Crippen LogP contribution is -2.35. The molecule has 29 heavy (non-hydrogen) atoms. The third-order valence-electron chi connectivity index (χ3n) is 4.74.